The highest BCUT2D eigenvalue weighted by molar-refractivity contribution is 5.80. The minimum atomic E-state index is 0.752. The Bertz CT molecular complexity index is 1250. The summed E-state index contributed by atoms with van der Waals surface area (Å²) in [4.78, 5) is 4.89. The molecule has 1 aliphatic carbocycles. The summed E-state index contributed by atoms with van der Waals surface area (Å²) in [5.74, 6) is 0. The summed E-state index contributed by atoms with van der Waals surface area (Å²) in [7, 11) is 0. The summed E-state index contributed by atoms with van der Waals surface area (Å²) in [6.45, 7) is 0.752. The highest BCUT2D eigenvalue weighted by Crippen LogP contribution is 2.36. The predicted molar refractivity (Wildman–Crippen MR) is 125 cm³/mol. The van der Waals surface area contributed by atoms with E-state index in [1.807, 2.05) is 30.5 Å². The first-order chi connectivity index (χ1) is 15.3. The molecule has 3 nitrogen and oxygen atoms in total. The summed E-state index contributed by atoms with van der Waals surface area (Å²) in [6, 6.07) is 29.4. The summed E-state index contributed by atoms with van der Waals surface area (Å²) >= 11 is 0. The zero-order valence-corrected chi connectivity index (χ0v) is 17.3. The van der Waals surface area contributed by atoms with Crippen LogP contribution >= 0.6 is 0 Å². The molecule has 0 radical (unpaired) electrons. The number of nitrogens with zero attached hydrogens (tertiary/aromatic N) is 2. The quantitative estimate of drug-likeness (QED) is 0.462. The average Bonchev–Trinajstić information content (AvgIpc) is 3.03. The van der Waals surface area contributed by atoms with Gasteiger partial charge in [-0.25, -0.2) is 0 Å². The van der Waals surface area contributed by atoms with Crippen molar-refractivity contribution in [3.63, 3.8) is 0 Å². The van der Waals surface area contributed by atoms with E-state index in [4.69, 9.17) is 4.98 Å². The molecule has 0 atom stereocenters. The molecule has 4 aromatic rings. The molecule has 1 N–H and O–H groups in total. The van der Waals surface area contributed by atoms with Crippen LogP contribution in [-0.2, 0) is 25.8 Å². The van der Waals surface area contributed by atoms with Crippen LogP contribution in [-0.4, -0.2) is 4.98 Å². The number of nitrogens with one attached hydrogen (secondary N) is 1. The molecule has 3 aromatic carbocycles. The van der Waals surface area contributed by atoms with Gasteiger partial charge in [0, 0.05) is 41.7 Å². The van der Waals surface area contributed by atoms with Crippen LogP contribution in [0.3, 0.4) is 0 Å². The molecule has 0 bridgehead atoms. The lowest BCUT2D eigenvalue weighted by Crippen LogP contribution is -2.08. The van der Waals surface area contributed by atoms with E-state index in [1.165, 1.54) is 22.3 Å². The molecule has 0 aliphatic heterocycles. The lowest BCUT2D eigenvalue weighted by Gasteiger charge is -2.19. The molecule has 1 heterocycles. The molecule has 1 aliphatic rings. The van der Waals surface area contributed by atoms with E-state index in [9.17, 15) is 5.26 Å². The van der Waals surface area contributed by atoms with Crippen molar-refractivity contribution < 1.29 is 0 Å². The first-order valence-corrected chi connectivity index (χ1v) is 10.7. The minimum Gasteiger partial charge on any atom is -0.380 e. The van der Waals surface area contributed by atoms with Crippen molar-refractivity contribution in [1.82, 2.24) is 4.98 Å². The van der Waals surface area contributed by atoms with Crippen molar-refractivity contribution in [2.24, 2.45) is 0 Å². The third-order valence-corrected chi connectivity index (χ3v) is 6.04. The van der Waals surface area contributed by atoms with Crippen molar-refractivity contribution >= 4 is 5.69 Å². The zero-order chi connectivity index (χ0) is 21.0. The predicted octanol–water partition coefficient (Wildman–Crippen LogP) is 5.92. The summed E-state index contributed by atoms with van der Waals surface area (Å²) in [5, 5.41) is 13.3. The molecule has 150 valence electrons. The van der Waals surface area contributed by atoms with E-state index < -0.39 is 0 Å². The van der Waals surface area contributed by atoms with Crippen molar-refractivity contribution in [3.8, 4) is 17.2 Å². The van der Waals surface area contributed by atoms with Gasteiger partial charge in [-0.05, 0) is 41.2 Å². The Labute approximate surface area is 183 Å². The van der Waals surface area contributed by atoms with Gasteiger partial charge in [0.15, 0.2) is 0 Å². The van der Waals surface area contributed by atoms with E-state index in [-0.39, 0.29) is 0 Å². The van der Waals surface area contributed by atoms with Gasteiger partial charge in [-0.1, -0.05) is 72.8 Å². The van der Waals surface area contributed by atoms with Gasteiger partial charge in [-0.3, -0.25) is 4.98 Å². The van der Waals surface area contributed by atoms with Gasteiger partial charge in [-0.15, -0.1) is 0 Å². The second-order valence-electron chi connectivity index (χ2n) is 7.91. The Balaban J connectivity index is 1.62. The number of pyridine rings is 1. The first-order valence-electron chi connectivity index (χ1n) is 10.7. The van der Waals surface area contributed by atoms with Gasteiger partial charge in [0.25, 0.3) is 0 Å². The summed E-state index contributed by atoms with van der Waals surface area (Å²) < 4.78 is 0. The van der Waals surface area contributed by atoms with Crippen molar-refractivity contribution in [3.05, 3.63) is 119 Å². The number of hydrogen-bond acceptors (Lipinski definition) is 3. The molecular weight excluding hydrogens is 378 g/mol. The normalized spacial score (nSPS) is 12.2. The number of rotatable bonds is 4. The Hall–Kier alpha value is -3.90. The third-order valence-electron chi connectivity index (χ3n) is 6.04. The van der Waals surface area contributed by atoms with Crippen LogP contribution in [0.25, 0.3) is 11.1 Å². The fraction of sp³-hybridized carbons (Fsp3) is 0.143. The van der Waals surface area contributed by atoms with E-state index in [2.05, 4.69) is 66.0 Å². The fourth-order valence-electron chi connectivity index (χ4n) is 4.46. The van der Waals surface area contributed by atoms with Gasteiger partial charge in [0.2, 0.25) is 0 Å². The maximum absolute atomic E-state index is 9.58. The minimum absolute atomic E-state index is 0.752. The van der Waals surface area contributed by atoms with Crippen LogP contribution in [0.4, 0.5) is 5.69 Å². The van der Waals surface area contributed by atoms with Gasteiger partial charge in [-0.2, -0.15) is 5.26 Å². The molecule has 5 rings (SSSR count). The topological polar surface area (TPSA) is 48.7 Å². The highest BCUT2D eigenvalue weighted by atomic mass is 14.9. The zero-order valence-electron chi connectivity index (χ0n) is 17.3. The molecule has 0 spiro atoms. The highest BCUT2D eigenvalue weighted by Gasteiger charge is 2.22. The number of fused-ring (bicyclic) bond motifs is 2. The lowest BCUT2D eigenvalue weighted by atomic mass is 9.95. The number of nitriles is 1. The maximum atomic E-state index is 9.58. The molecule has 0 saturated heterocycles. The molecule has 0 fully saturated rings. The first kappa shape index (κ1) is 19.1. The Morgan fingerprint density at radius 1 is 0.839 bits per heavy atom. The molecule has 0 amide bonds. The maximum Gasteiger partial charge on any atom is 0.0994 e. The third kappa shape index (κ3) is 3.81. The van der Waals surface area contributed by atoms with E-state index in [0.717, 1.165) is 53.9 Å². The second kappa shape index (κ2) is 8.45. The standard InChI is InChI=1S/C28H23N3/c29-17-23-13-7-12-22-16-25-27(15-14-24(22)23)30-19-26(21-10-5-2-6-11-21)28(25)31-18-20-8-3-1-4-9-20/h1-13,19H,14-16,18H2,(H,30,31). The Morgan fingerprint density at radius 2 is 1.61 bits per heavy atom. The van der Waals surface area contributed by atoms with Gasteiger partial charge >= 0.3 is 0 Å². The number of aromatic nitrogens is 1. The largest absolute Gasteiger partial charge is 0.380 e. The number of hydrogen-bond donors (Lipinski definition) is 1. The molecule has 31 heavy (non-hydrogen) atoms. The van der Waals surface area contributed by atoms with Gasteiger partial charge in [0.1, 0.15) is 0 Å². The monoisotopic (exact) mass is 401 g/mol. The molecule has 1 aromatic heterocycles. The van der Waals surface area contributed by atoms with Gasteiger partial charge < -0.3 is 5.32 Å². The van der Waals surface area contributed by atoms with E-state index in [1.54, 1.807) is 0 Å². The van der Waals surface area contributed by atoms with Crippen LogP contribution in [0.5, 0.6) is 0 Å². The van der Waals surface area contributed by atoms with Crippen LogP contribution in [0.2, 0.25) is 0 Å². The Morgan fingerprint density at radius 3 is 2.39 bits per heavy atom. The second-order valence-corrected chi connectivity index (χ2v) is 7.91. The Kier molecular flexibility index (Phi) is 5.21. The van der Waals surface area contributed by atoms with Crippen LogP contribution < -0.4 is 5.32 Å². The van der Waals surface area contributed by atoms with Crippen molar-refractivity contribution in [2.45, 2.75) is 25.8 Å². The molecular formula is C28H23N3. The van der Waals surface area contributed by atoms with Crippen molar-refractivity contribution in [2.75, 3.05) is 5.32 Å². The number of aryl methyl sites for hydroxylation is 1. The molecule has 0 unspecified atom stereocenters. The van der Waals surface area contributed by atoms with Crippen LogP contribution in [0.15, 0.2) is 85.1 Å². The van der Waals surface area contributed by atoms with Crippen LogP contribution in [0, 0.1) is 11.3 Å². The number of anilines is 1. The smallest absolute Gasteiger partial charge is 0.0994 e. The van der Waals surface area contributed by atoms with E-state index >= 15 is 0 Å². The SMILES string of the molecule is N#Cc1cccc2c1CCc1ncc(-c3ccccc3)c(NCc3ccccc3)c1C2. The van der Waals surface area contributed by atoms with E-state index in [0.29, 0.717) is 0 Å². The molecule has 0 saturated carbocycles. The lowest BCUT2D eigenvalue weighted by molar-refractivity contribution is 0.913. The number of benzene rings is 3. The molecule has 3 heteroatoms. The van der Waals surface area contributed by atoms with Gasteiger partial charge in [0.05, 0.1) is 11.6 Å². The van der Waals surface area contributed by atoms with Crippen LogP contribution in [0.1, 0.15) is 33.5 Å². The van der Waals surface area contributed by atoms with Crippen molar-refractivity contribution in [1.29, 1.82) is 5.26 Å². The average molecular weight is 402 g/mol. The summed E-state index contributed by atoms with van der Waals surface area (Å²) in [5.41, 5.74) is 10.2. The summed E-state index contributed by atoms with van der Waals surface area (Å²) in [6.07, 6.45) is 4.48. The fourth-order valence-corrected chi connectivity index (χ4v) is 4.46.